The van der Waals surface area contributed by atoms with Gasteiger partial charge in [-0.25, -0.2) is 9.37 Å². The van der Waals surface area contributed by atoms with Crippen molar-refractivity contribution in [2.45, 2.75) is 20.1 Å². The molecule has 2 heterocycles. The van der Waals surface area contributed by atoms with Crippen LogP contribution in [-0.4, -0.2) is 22.5 Å². The van der Waals surface area contributed by atoms with E-state index in [2.05, 4.69) is 14.7 Å². The molecule has 0 aliphatic heterocycles. The van der Waals surface area contributed by atoms with Crippen LogP contribution >= 0.6 is 11.3 Å². The van der Waals surface area contributed by atoms with Crippen molar-refractivity contribution in [3.8, 4) is 16.2 Å². The second-order valence-electron chi connectivity index (χ2n) is 8.21. The summed E-state index contributed by atoms with van der Waals surface area (Å²) in [5.41, 5.74) is 2.84. The number of carbonyl (C=O) groups excluding carboxylic acids is 1. The third-order valence-electron chi connectivity index (χ3n) is 5.71. The SMILES string of the molecule is Cc1cc(-c2ccc(CN(C(=O)c3cnc4ccccc4n3)c3ccccc3F)s2)ccc1OC(F)F. The minimum atomic E-state index is -2.90. The highest BCUT2D eigenvalue weighted by Crippen LogP contribution is 2.33. The molecule has 0 saturated heterocycles. The van der Waals surface area contributed by atoms with Crippen LogP contribution < -0.4 is 9.64 Å². The summed E-state index contributed by atoms with van der Waals surface area (Å²) in [4.78, 5) is 25.4. The van der Waals surface area contributed by atoms with Crippen LogP contribution in [0.3, 0.4) is 0 Å². The number of fused-ring (bicyclic) bond motifs is 1. The van der Waals surface area contributed by atoms with E-state index < -0.39 is 18.3 Å². The van der Waals surface area contributed by atoms with Crippen molar-refractivity contribution in [2.75, 3.05) is 4.90 Å². The molecule has 0 aliphatic carbocycles. The van der Waals surface area contributed by atoms with Gasteiger partial charge in [-0.15, -0.1) is 11.3 Å². The van der Waals surface area contributed by atoms with E-state index in [1.54, 1.807) is 55.5 Å². The number of amides is 1. The first-order chi connectivity index (χ1) is 17.9. The van der Waals surface area contributed by atoms with Gasteiger partial charge >= 0.3 is 6.61 Å². The van der Waals surface area contributed by atoms with Crippen molar-refractivity contribution in [1.82, 2.24) is 9.97 Å². The predicted molar refractivity (Wildman–Crippen MR) is 138 cm³/mol. The molecule has 0 unspecified atom stereocenters. The topological polar surface area (TPSA) is 55.3 Å². The van der Waals surface area contributed by atoms with Gasteiger partial charge in [0.15, 0.2) is 0 Å². The number of halogens is 3. The third-order valence-corrected chi connectivity index (χ3v) is 6.83. The van der Waals surface area contributed by atoms with E-state index in [-0.39, 0.29) is 23.7 Å². The first-order valence-corrected chi connectivity index (χ1v) is 12.1. The Hall–Kier alpha value is -4.24. The summed E-state index contributed by atoms with van der Waals surface area (Å²) >= 11 is 1.42. The van der Waals surface area contributed by atoms with Crippen molar-refractivity contribution in [3.63, 3.8) is 0 Å². The summed E-state index contributed by atoms with van der Waals surface area (Å²) in [6.07, 6.45) is 1.39. The fourth-order valence-corrected chi connectivity index (χ4v) is 4.93. The number of aryl methyl sites for hydroxylation is 1. The highest BCUT2D eigenvalue weighted by Gasteiger charge is 2.23. The Morgan fingerprint density at radius 3 is 2.51 bits per heavy atom. The molecule has 5 nitrogen and oxygen atoms in total. The number of hydrogen-bond acceptors (Lipinski definition) is 5. The lowest BCUT2D eigenvalue weighted by Gasteiger charge is -2.22. The molecule has 0 aliphatic rings. The number of hydrogen-bond donors (Lipinski definition) is 0. The van der Waals surface area contributed by atoms with Crippen molar-refractivity contribution >= 4 is 34.0 Å². The van der Waals surface area contributed by atoms with Gasteiger partial charge in [-0.3, -0.25) is 14.7 Å². The fourth-order valence-electron chi connectivity index (χ4n) is 3.94. The zero-order valence-electron chi connectivity index (χ0n) is 19.6. The summed E-state index contributed by atoms with van der Waals surface area (Å²) in [5, 5.41) is 0. The molecule has 9 heteroatoms. The Morgan fingerprint density at radius 1 is 1.00 bits per heavy atom. The number of benzene rings is 3. The summed E-state index contributed by atoms with van der Waals surface area (Å²) < 4.78 is 44.5. The smallest absolute Gasteiger partial charge is 0.387 e. The second-order valence-corrected chi connectivity index (χ2v) is 9.38. The molecule has 0 atom stereocenters. The van der Waals surface area contributed by atoms with Crippen LogP contribution in [0.4, 0.5) is 18.9 Å². The fraction of sp³-hybridized carbons (Fsp3) is 0.107. The van der Waals surface area contributed by atoms with Gasteiger partial charge in [0.05, 0.1) is 29.5 Å². The summed E-state index contributed by atoms with van der Waals surface area (Å²) in [6, 6.07) is 22.0. The van der Waals surface area contributed by atoms with Crippen molar-refractivity contribution in [2.24, 2.45) is 0 Å². The molecule has 0 bridgehead atoms. The Labute approximate surface area is 214 Å². The van der Waals surface area contributed by atoms with Gasteiger partial charge in [0.1, 0.15) is 17.3 Å². The van der Waals surface area contributed by atoms with E-state index in [0.717, 1.165) is 15.3 Å². The number of carbonyl (C=O) groups is 1. The van der Waals surface area contributed by atoms with Gasteiger partial charge in [0, 0.05) is 9.75 Å². The number of aromatic nitrogens is 2. The van der Waals surface area contributed by atoms with Gasteiger partial charge in [-0.05, 0) is 72.6 Å². The zero-order chi connectivity index (χ0) is 25.9. The van der Waals surface area contributed by atoms with Gasteiger partial charge in [0.25, 0.3) is 5.91 Å². The Bertz CT molecular complexity index is 1590. The molecule has 0 saturated carbocycles. The monoisotopic (exact) mass is 519 g/mol. The highest BCUT2D eigenvalue weighted by atomic mass is 32.1. The maximum atomic E-state index is 14.8. The van der Waals surface area contributed by atoms with Crippen LogP contribution in [0, 0.1) is 12.7 Å². The molecular weight excluding hydrogens is 499 g/mol. The minimum absolute atomic E-state index is 0.101. The lowest BCUT2D eigenvalue weighted by molar-refractivity contribution is -0.0502. The van der Waals surface area contributed by atoms with Gasteiger partial charge in [-0.2, -0.15) is 8.78 Å². The molecule has 5 rings (SSSR count). The molecular formula is C28H20F3N3O2S. The van der Waals surface area contributed by atoms with Crippen LogP contribution in [0.1, 0.15) is 20.9 Å². The quantitative estimate of drug-likeness (QED) is 0.227. The summed E-state index contributed by atoms with van der Waals surface area (Å²) in [7, 11) is 0. The molecule has 0 radical (unpaired) electrons. The van der Waals surface area contributed by atoms with E-state index in [0.29, 0.717) is 16.6 Å². The van der Waals surface area contributed by atoms with Crippen molar-refractivity contribution < 1.29 is 22.7 Å². The van der Waals surface area contributed by atoms with E-state index in [4.69, 9.17) is 0 Å². The van der Waals surface area contributed by atoms with Crippen LogP contribution in [-0.2, 0) is 6.54 Å². The average molecular weight is 520 g/mol. The van der Waals surface area contributed by atoms with E-state index in [9.17, 15) is 18.0 Å². The molecule has 2 aromatic heterocycles. The Balaban J connectivity index is 1.46. The molecule has 37 heavy (non-hydrogen) atoms. The first kappa shape index (κ1) is 24.5. The molecule has 3 aromatic carbocycles. The zero-order valence-corrected chi connectivity index (χ0v) is 20.4. The van der Waals surface area contributed by atoms with E-state index in [1.807, 2.05) is 18.2 Å². The normalized spacial score (nSPS) is 11.2. The van der Waals surface area contributed by atoms with E-state index >= 15 is 0 Å². The van der Waals surface area contributed by atoms with Crippen LogP contribution in [0.5, 0.6) is 5.75 Å². The lowest BCUT2D eigenvalue weighted by Crippen LogP contribution is -2.31. The highest BCUT2D eigenvalue weighted by molar-refractivity contribution is 7.15. The lowest BCUT2D eigenvalue weighted by atomic mass is 10.1. The van der Waals surface area contributed by atoms with Gasteiger partial charge in [0.2, 0.25) is 0 Å². The largest absolute Gasteiger partial charge is 0.435 e. The molecule has 186 valence electrons. The predicted octanol–water partition coefficient (Wildman–Crippen LogP) is 7.25. The maximum Gasteiger partial charge on any atom is 0.387 e. The van der Waals surface area contributed by atoms with Gasteiger partial charge in [-0.1, -0.05) is 24.3 Å². The average Bonchev–Trinajstić information content (AvgIpc) is 3.37. The molecule has 0 fully saturated rings. The number of ether oxygens (including phenoxy) is 1. The standard InChI is InChI=1S/C28H20F3N3O2S/c1-17-14-18(10-12-25(17)36-28(30)31)26-13-11-19(37-26)16-34(24-9-5-2-6-20(24)29)27(35)23-15-32-21-7-3-4-8-22(21)33-23/h2-15,28H,16H2,1H3. The van der Waals surface area contributed by atoms with Gasteiger partial charge < -0.3 is 4.74 Å². The third kappa shape index (κ3) is 5.31. The summed E-state index contributed by atoms with van der Waals surface area (Å²) in [6.45, 7) is -1.10. The van der Waals surface area contributed by atoms with E-state index in [1.165, 1.54) is 34.6 Å². The van der Waals surface area contributed by atoms with Crippen molar-refractivity contribution in [1.29, 1.82) is 0 Å². The number of nitrogens with zero attached hydrogens (tertiary/aromatic N) is 3. The first-order valence-electron chi connectivity index (χ1n) is 11.3. The number of para-hydroxylation sites is 3. The summed E-state index contributed by atoms with van der Waals surface area (Å²) in [5.74, 6) is -0.905. The second kappa shape index (κ2) is 10.4. The Morgan fingerprint density at radius 2 is 1.76 bits per heavy atom. The molecule has 0 N–H and O–H groups in total. The maximum absolute atomic E-state index is 14.8. The number of thiophene rings is 1. The van der Waals surface area contributed by atoms with Crippen LogP contribution in [0.25, 0.3) is 21.5 Å². The van der Waals surface area contributed by atoms with Crippen LogP contribution in [0.2, 0.25) is 0 Å². The molecule has 5 aromatic rings. The number of anilines is 1. The minimum Gasteiger partial charge on any atom is -0.435 e. The van der Waals surface area contributed by atoms with Crippen LogP contribution in [0.15, 0.2) is 85.1 Å². The molecule has 0 spiro atoms. The number of rotatable bonds is 7. The Kier molecular flexibility index (Phi) is 6.87. The van der Waals surface area contributed by atoms with Crippen molar-refractivity contribution in [3.05, 3.63) is 107 Å². The number of alkyl halides is 2. The molecule has 1 amide bonds.